The molecule has 0 spiro atoms. The van der Waals surface area contributed by atoms with E-state index in [-0.39, 0.29) is 35.9 Å². The molecule has 1 amide bonds. The third-order valence-corrected chi connectivity index (χ3v) is 5.42. The van der Waals surface area contributed by atoms with E-state index in [1.165, 1.54) is 5.56 Å². The number of benzene rings is 2. The molecule has 1 aliphatic heterocycles. The van der Waals surface area contributed by atoms with E-state index in [2.05, 4.69) is 44.8 Å². The largest absolute Gasteiger partial charge is 0.379 e. The van der Waals surface area contributed by atoms with Crippen LogP contribution in [0, 0.1) is 0 Å². The fourth-order valence-electron chi connectivity index (χ4n) is 3.65. The highest BCUT2D eigenvalue weighted by molar-refractivity contribution is 14.0. The lowest BCUT2D eigenvalue weighted by Crippen LogP contribution is -2.46. The van der Waals surface area contributed by atoms with Gasteiger partial charge in [0, 0.05) is 52.9 Å². The Morgan fingerprint density at radius 2 is 1.72 bits per heavy atom. The van der Waals surface area contributed by atoms with E-state index in [4.69, 9.17) is 4.74 Å². The first-order valence-electron chi connectivity index (χ1n) is 10.7. The number of morpholine rings is 1. The number of ether oxygens (including phenoxy) is 1. The molecule has 2 aromatic rings. The molecule has 1 fully saturated rings. The van der Waals surface area contributed by atoms with Crippen molar-refractivity contribution in [2.24, 2.45) is 4.99 Å². The minimum absolute atomic E-state index is 0. The van der Waals surface area contributed by atoms with E-state index in [1.807, 2.05) is 30.3 Å². The van der Waals surface area contributed by atoms with Crippen molar-refractivity contribution in [3.8, 4) is 0 Å². The first-order valence-corrected chi connectivity index (χ1v) is 10.7. The van der Waals surface area contributed by atoms with Crippen molar-refractivity contribution in [2.75, 3.05) is 54.0 Å². The van der Waals surface area contributed by atoms with Crippen LogP contribution >= 0.6 is 24.0 Å². The Labute approximate surface area is 208 Å². The Hall–Kier alpha value is -2.17. The summed E-state index contributed by atoms with van der Waals surface area (Å²) in [4.78, 5) is 20.4. The highest BCUT2D eigenvalue weighted by Gasteiger charge is 2.22. The molecule has 2 N–H and O–H groups in total. The monoisotopic (exact) mass is 551 g/mol. The summed E-state index contributed by atoms with van der Waals surface area (Å²) in [6.07, 6.45) is 0. The number of hydrogen-bond donors (Lipinski definition) is 2. The fourth-order valence-corrected chi connectivity index (χ4v) is 3.65. The third-order valence-electron chi connectivity index (χ3n) is 5.42. The van der Waals surface area contributed by atoms with Crippen LogP contribution in [0.4, 0.5) is 0 Å². The molecule has 1 atom stereocenters. The number of guanidine groups is 1. The molecule has 174 valence electrons. The topological polar surface area (TPSA) is 69.2 Å². The number of hydrogen-bond acceptors (Lipinski definition) is 4. The number of rotatable bonds is 7. The molecule has 0 radical (unpaired) electrons. The number of halogens is 1. The van der Waals surface area contributed by atoms with Gasteiger partial charge in [-0.2, -0.15) is 0 Å². The fraction of sp³-hybridized carbons (Fsp3) is 0.417. The van der Waals surface area contributed by atoms with Crippen LogP contribution in [-0.2, 0) is 11.3 Å². The zero-order valence-corrected chi connectivity index (χ0v) is 21.4. The van der Waals surface area contributed by atoms with Crippen LogP contribution in [0.25, 0.3) is 0 Å². The van der Waals surface area contributed by atoms with Crippen LogP contribution in [0.15, 0.2) is 59.6 Å². The zero-order chi connectivity index (χ0) is 22.1. The number of carbonyl (C=O) groups is 1. The first kappa shape index (κ1) is 26.1. The molecule has 1 aliphatic rings. The van der Waals surface area contributed by atoms with E-state index in [0.29, 0.717) is 12.1 Å². The Balaban J connectivity index is 0.00000363. The molecule has 1 heterocycles. The summed E-state index contributed by atoms with van der Waals surface area (Å²) in [7, 11) is 5.29. The maximum atomic E-state index is 12.0. The Kier molecular flexibility index (Phi) is 10.9. The summed E-state index contributed by atoms with van der Waals surface area (Å²) < 4.78 is 5.53. The van der Waals surface area contributed by atoms with Gasteiger partial charge in [-0.25, -0.2) is 0 Å². The van der Waals surface area contributed by atoms with Crippen molar-refractivity contribution < 1.29 is 9.53 Å². The summed E-state index contributed by atoms with van der Waals surface area (Å²) in [5.41, 5.74) is 3.06. The molecule has 32 heavy (non-hydrogen) atoms. The van der Waals surface area contributed by atoms with Crippen molar-refractivity contribution in [1.29, 1.82) is 0 Å². The van der Waals surface area contributed by atoms with Gasteiger partial charge in [-0.15, -0.1) is 24.0 Å². The van der Waals surface area contributed by atoms with Crippen molar-refractivity contribution in [2.45, 2.75) is 12.6 Å². The van der Waals surface area contributed by atoms with Gasteiger partial charge >= 0.3 is 0 Å². The van der Waals surface area contributed by atoms with Crippen LogP contribution in [0.3, 0.4) is 0 Å². The maximum absolute atomic E-state index is 12.0. The van der Waals surface area contributed by atoms with E-state index < -0.39 is 0 Å². The summed E-state index contributed by atoms with van der Waals surface area (Å²) in [6.45, 7) is 4.76. The molecule has 2 aromatic carbocycles. The van der Waals surface area contributed by atoms with Gasteiger partial charge in [0.2, 0.25) is 0 Å². The minimum Gasteiger partial charge on any atom is -0.379 e. The van der Waals surface area contributed by atoms with Gasteiger partial charge in [0.1, 0.15) is 0 Å². The number of carbonyl (C=O) groups excluding carboxylic acids is 1. The van der Waals surface area contributed by atoms with E-state index >= 15 is 0 Å². The minimum atomic E-state index is 0. The van der Waals surface area contributed by atoms with Crippen LogP contribution in [0.1, 0.15) is 27.5 Å². The number of amides is 1. The average molecular weight is 551 g/mol. The van der Waals surface area contributed by atoms with Crippen LogP contribution in [0.2, 0.25) is 0 Å². The molecule has 1 unspecified atom stereocenters. The molecule has 0 aliphatic carbocycles. The van der Waals surface area contributed by atoms with Gasteiger partial charge in [-0.1, -0.05) is 42.5 Å². The molecule has 3 rings (SSSR count). The summed E-state index contributed by atoms with van der Waals surface area (Å²) in [5.74, 6) is 0.759. The molecule has 1 saturated heterocycles. The molecular formula is C24H34IN5O2. The van der Waals surface area contributed by atoms with E-state index in [9.17, 15) is 4.79 Å². The van der Waals surface area contributed by atoms with Gasteiger partial charge < -0.3 is 20.3 Å². The van der Waals surface area contributed by atoms with Crippen molar-refractivity contribution in [1.82, 2.24) is 20.4 Å². The van der Waals surface area contributed by atoms with Crippen LogP contribution in [-0.4, -0.2) is 75.7 Å². The highest BCUT2D eigenvalue weighted by atomic mass is 127. The second-order valence-corrected chi connectivity index (χ2v) is 7.78. The smallest absolute Gasteiger partial charge is 0.253 e. The van der Waals surface area contributed by atoms with Crippen molar-refractivity contribution in [3.63, 3.8) is 0 Å². The van der Waals surface area contributed by atoms with Crippen LogP contribution < -0.4 is 10.6 Å². The quantitative estimate of drug-likeness (QED) is 0.315. The molecule has 0 aromatic heterocycles. The van der Waals surface area contributed by atoms with Gasteiger partial charge in [-0.3, -0.25) is 14.7 Å². The van der Waals surface area contributed by atoms with Crippen molar-refractivity contribution in [3.05, 3.63) is 71.3 Å². The molecule has 0 saturated carbocycles. The molecular weight excluding hydrogens is 517 g/mol. The maximum Gasteiger partial charge on any atom is 0.253 e. The second kappa shape index (κ2) is 13.4. The lowest BCUT2D eigenvalue weighted by Gasteiger charge is -2.35. The molecule has 7 nitrogen and oxygen atoms in total. The second-order valence-electron chi connectivity index (χ2n) is 7.78. The number of aliphatic imine (C=N–C) groups is 1. The normalized spacial score (nSPS) is 15.4. The lowest BCUT2D eigenvalue weighted by molar-refractivity contribution is 0.0170. The molecule has 0 bridgehead atoms. The van der Waals surface area contributed by atoms with Crippen molar-refractivity contribution >= 4 is 35.8 Å². The van der Waals surface area contributed by atoms with Crippen LogP contribution in [0.5, 0.6) is 0 Å². The lowest BCUT2D eigenvalue weighted by atomic mass is 10.0. The Morgan fingerprint density at radius 1 is 1.06 bits per heavy atom. The average Bonchev–Trinajstić information content (AvgIpc) is 2.82. The summed E-state index contributed by atoms with van der Waals surface area (Å²) in [5, 5.41) is 6.84. The predicted molar refractivity (Wildman–Crippen MR) is 140 cm³/mol. The standard InChI is InChI=1S/C24H33N5O2.HI/c1-25-24(26-17-19-9-11-21(12-10-19)23(30)28(2)3)27-18-22(20-7-5-4-6-8-20)29-13-15-31-16-14-29;/h4-12,22H,13-18H2,1-3H3,(H2,25,26,27);1H. The highest BCUT2D eigenvalue weighted by Crippen LogP contribution is 2.21. The summed E-state index contributed by atoms with van der Waals surface area (Å²) >= 11 is 0. The van der Waals surface area contributed by atoms with Gasteiger partial charge in [-0.05, 0) is 23.3 Å². The Bertz CT molecular complexity index is 852. The van der Waals surface area contributed by atoms with Gasteiger partial charge in [0.05, 0.1) is 19.3 Å². The van der Waals surface area contributed by atoms with Gasteiger partial charge in [0.15, 0.2) is 5.96 Å². The van der Waals surface area contributed by atoms with E-state index in [0.717, 1.165) is 44.4 Å². The Morgan fingerprint density at radius 3 is 2.31 bits per heavy atom. The van der Waals surface area contributed by atoms with E-state index in [1.54, 1.807) is 26.0 Å². The number of nitrogens with zero attached hydrogens (tertiary/aromatic N) is 3. The molecule has 8 heteroatoms. The zero-order valence-electron chi connectivity index (χ0n) is 19.1. The number of nitrogens with one attached hydrogen (secondary N) is 2. The SMILES string of the molecule is CN=C(NCc1ccc(C(=O)N(C)C)cc1)NCC(c1ccccc1)N1CCOCC1.I. The third kappa shape index (κ3) is 7.46. The van der Waals surface area contributed by atoms with Gasteiger partial charge in [0.25, 0.3) is 5.91 Å². The predicted octanol–water partition coefficient (Wildman–Crippen LogP) is 2.74. The summed E-state index contributed by atoms with van der Waals surface area (Å²) in [6, 6.07) is 18.5. The first-order chi connectivity index (χ1) is 15.1.